The van der Waals surface area contributed by atoms with E-state index >= 15 is 0 Å². The highest BCUT2D eigenvalue weighted by Gasteiger charge is 2.36. The monoisotopic (exact) mass is 465 g/mol. The molecule has 1 atom stereocenters. The van der Waals surface area contributed by atoms with Gasteiger partial charge in [0.2, 0.25) is 5.91 Å². The maximum Gasteiger partial charge on any atom is 0.261 e. The number of thiophene rings is 1. The highest BCUT2D eigenvalue weighted by molar-refractivity contribution is 7.12. The van der Waals surface area contributed by atoms with Gasteiger partial charge in [-0.05, 0) is 48.6 Å². The smallest absolute Gasteiger partial charge is 0.261 e. The Morgan fingerprint density at radius 1 is 1.00 bits per heavy atom. The van der Waals surface area contributed by atoms with E-state index in [2.05, 4.69) is 10.6 Å². The Hall–Kier alpha value is -3.39. The Labute approximate surface area is 196 Å². The van der Waals surface area contributed by atoms with Crippen molar-refractivity contribution in [3.05, 3.63) is 76.9 Å². The summed E-state index contributed by atoms with van der Waals surface area (Å²) in [6.07, 6.45) is 6.66. The fourth-order valence-electron chi connectivity index (χ4n) is 4.11. The van der Waals surface area contributed by atoms with Crippen LogP contribution >= 0.6 is 11.3 Å². The van der Waals surface area contributed by atoms with Gasteiger partial charge in [-0.2, -0.15) is 0 Å². The summed E-state index contributed by atoms with van der Waals surface area (Å²) in [5.74, 6) is -0.664. The van der Waals surface area contributed by atoms with Crippen LogP contribution in [0.4, 0.5) is 5.69 Å². The topological polar surface area (TPSA) is 91.7 Å². The number of hydrogen-bond donors (Lipinski definition) is 2. The number of carbonyl (C=O) groups excluding carboxylic acids is 3. The molecule has 7 nitrogen and oxygen atoms in total. The van der Waals surface area contributed by atoms with Crippen LogP contribution in [0.15, 0.2) is 70.7 Å². The summed E-state index contributed by atoms with van der Waals surface area (Å²) in [7, 11) is 0. The van der Waals surface area contributed by atoms with Gasteiger partial charge in [-0.1, -0.05) is 43.5 Å². The summed E-state index contributed by atoms with van der Waals surface area (Å²) in [6.45, 7) is -0.250. The zero-order valence-electron chi connectivity index (χ0n) is 18.2. The third-order valence-electron chi connectivity index (χ3n) is 5.72. The molecule has 0 spiro atoms. The number of nitrogens with zero attached hydrogens (tertiary/aromatic N) is 1. The molecule has 0 bridgehead atoms. The molecule has 1 fully saturated rings. The van der Waals surface area contributed by atoms with Crippen molar-refractivity contribution in [1.29, 1.82) is 0 Å². The lowest BCUT2D eigenvalue weighted by Gasteiger charge is -2.32. The van der Waals surface area contributed by atoms with E-state index in [9.17, 15) is 14.4 Å². The van der Waals surface area contributed by atoms with Crippen LogP contribution in [0.25, 0.3) is 0 Å². The van der Waals surface area contributed by atoms with Crippen molar-refractivity contribution in [1.82, 2.24) is 10.6 Å². The van der Waals surface area contributed by atoms with Crippen LogP contribution in [-0.2, 0) is 9.59 Å². The standard InChI is InChI=1S/C25H27N3O4S/c29-22(17-26-24(30)21-14-8-16-33-21)28(19-11-5-2-6-12-19)23(20-13-7-15-32-20)25(31)27-18-9-3-1-4-10-18/h2,5-8,11-16,18,23H,1,3-4,9-10,17H2,(H,26,30)(H,27,31)/t23-/m1/s1. The highest BCUT2D eigenvalue weighted by Crippen LogP contribution is 2.29. The number of furan rings is 1. The molecule has 33 heavy (non-hydrogen) atoms. The van der Waals surface area contributed by atoms with E-state index in [1.165, 1.54) is 28.9 Å². The molecule has 1 aliphatic rings. The second kappa shape index (κ2) is 11.0. The van der Waals surface area contributed by atoms with E-state index in [4.69, 9.17) is 4.42 Å². The molecule has 0 radical (unpaired) electrons. The molecule has 0 saturated heterocycles. The van der Waals surface area contributed by atoms with E-state index < -0.39 is 11.9 Å². The molecule has 1 aliphatic carbocycles. The second-order valence-electron chi connectivity index (χ2n) is 8.02. The Morgan fingerprint density at radius 2 is 1.79 bits per heavy atom. The number of hydrogen-bond acceptors (Lipinski definition) is 5. The van der Waals surface area contributed by atoms with Crippen molar-refractivity contribution in [2.24, 2.45) is 0 Å². The third kappa shape index (κ3) is 5.70. The molecule has 2 heterocycles. The average Bonchev–Trinajstić information content (AvgIpc) is 3.56. The fourth-order valence-corrected chi connectivity index (χ4v) is 4.75. The number of nitrogens with one attached hydrogen (secondary N) is 2. The maximum absolute atomic E-state index is 13.5. The molecular formula is C25H27N3O4S. The lowest BCUT2D eigenvalue weighted by Crippen LogP contribution is -2.49. The van der Waals surface area contributed by atoms with Gasteiger partial charge < -0.3 is 15.1 Å². The summed E-state index contributed by atoms with van der Waals surface area (Å²) < 4.78 is 5.60. The minimum atomic E-state index is -0.990. The number of rotatable bonds is 8. The normalized spacial score (nSPS) is 14.9. The number of carbonyl (C=O) groups is 3. The number of benzene rings is 1. The largest absolute Gasteiger partial charge is 0.467 e. The quantitative estimate of drug-likeness (QED) is 0.519. The minimum absolute atomic E-state index is 0.0787. The summed E-state index contributed by atoms with van der Waals surface area (Å²) >= 11 is 1.30. The minimum Gasteiger partial charge on any atom is -0.467 e. The number of anilines is 1. The number of amides is 3. The Morgan fingerprint density at radius 3 is 2.45 bits per heavy atom. The van der Waals surface area contributed by atoms with Crippen LogP contribution in [-0.4, -0.2) is 30.3 Å². The first-order valence-electron chi connectivity index (χ1n) is 11.2. The zero-order valence-corrected chi connectivity index (χ0v) is 19.1. The first kappa shape index (κ1) is 22.8. The van der Waals surface area contributed by atoms with Crippen LogP contribution in [0, 0.1) is 0 Å². The Kier molecular flexibility index (Phi) is 7.57. The van der Waals surface area contributed by atoms with E-state index in [1.54, 1.807) is 53.9 Å². The van der Waals surface area contributed by atoms with Gasteiger partial charge in [0.1, 0.15) is 5.76 Å². The fraction of sp³-hybridized carbons (Fsp3) is 0.320. The lowest BCUT2D eigenvalue weighted by atomic mass is 9.95. The van der Waals surface area contributed by atoms with Crippen LogP contribution in [0.5, 0.6) is 0 Å². The summed E-state index contributed by atoms with van der Waals surface area (Å²) in [5.41, 5.74) is 0.549. The first-order chi connectivity index (χ1) is 16.1. The van der Waals surface area contributed by atoms with E-state index in [-0.39, 0.29) is 24.4 Å². The summed E-state index contributed by atoms with van der Waals surface area (Å²) in [6, 6.07) is 14.9. The summed E-state index contributed by atoms with van der Waals surface area (Å²) in [4.78, 5) is 41.3. The van der Waals surface area contributed by atoms with Gasteiger partial charge in [0.25, 0.3) is 11.8 Å². The van der Waals surface area contributed by atoms with Crippen molar-refractivity contribution >= 4 is 34.7 Å². The van der Waals surface area contributed by atoms with Crippen LogP contribution in [0.1, 0.15) is 53.6 Å². The molecule has 3 aromatic rings. The van der Waals surface area contributed by atoms with E-state index in [0.29, 0.717) is 16.3 Å². The van der Waals surface area contributed by atoms with Gasteiger partial charge in [0.15, 0.2) is 6.04 Å². The Balaban J connectivity index is 1.60. The predicted molar refractivity (Wildman–Crippen MR) is 127 cm³/mol. The molecule has 0 aliphatic heterocycles. The number of para-hydroxylation sites is 1. The van der Waals surface area contributed by atoms with Crippen LogP contribution in [0.2, 0.25) is 0 Å². The SMILES string of the molecule is O=C(NCC(=O)N(c1ccccc1)[C@@H](C(=O)NC1CCCCC1)c1ccco1)c1cccs1. The predicted octanol–water partition coefficient (Wildman–Crippen LogP) is 4.29. The molecule has 2 N–H and O–H groups in total. The molecule has 0 unspecified atom stereocenters. The first-order valence-corrected chi connectivity index (χ1v) is 12.0. The zero-order chi connectivity index (χ0) is 23.0. The third-order valence-corrected chi connectivity index (χ3v) is 6.59. The summed E-state index contributed by atoms with van der Waals surface area (Å²) in [5, 5.41) is 7.60. The van der Waals surface area contributed by atoms with Gasteiger partial charge in [-0.15, -0.1) is 11.3 Å². The molecule has 4 rings (SSSR count). The van der Waals surface area contributed by atoms with Gasteiger partial charge in [-0.3, -0.25) is 19.3 Å². The van der Waals surface area contributed by atoms with Crippen LogP contribution in [0.3, 0.4) is 0 Å². The van der Waals surface area contributed by atoms with Crippen molar-refractivity contribution in [2.45, 2.75) is 44.2 Å². The van der Waals surface area contributed by atoms with Gasteiger partial charge in [0.05, 0.1) is 17.7 Å². The molecular weight excluding hydrogens is 438 g/mol. The molecule has 3 amide bonds. The van der Waals surface area contributed by atoms with Gasteiger partial charge >= 0.3 is 0 Å². The molecule has 172 valence electrons. The lowest BCUT2D eigenvalue weighted by molar-refractivity contribution is -0.127. The molecule has 1 saturated carbocycles. The second-order valence-corrected chi connectivity index (χ2v) is 8.97. The van der Waals surface area contributed by atoms with Crippen LogP contribution < -0.4 is 15.5 Å². The van der Waals surface area contributed by atoms with E-state index in [1.807, 2.05) is 6.07 Å². The van der Waals surface area contributed by atoms with E-state index in [0.717, 1.165) is 25.7 Å². The maximum atomic E-state index is 13.5. The molecule has 8 heteroatoms. The van der Waals surface area contributed by atoms with Crippen molar-refractivity contribution in [3.8, 4) is 0 Å². The molecule has 2 aromatic heterocycles. The average molecular weight is 466 g/mol. The van der Waals surface area contributed by atoms with Crippen molar-refractivity contribution < 1.29 is 18.8 Å². The van der Waals surface area contributed by atoms with Crippen molar-refractivity contribution in [3.63, 3.8) is 0 Å². The highest BCUT2D eigenvalue weighted by atomic mass is 32.1. The van der Waals surface area contributed by atoms with Gasteiger partial charge in [-0.25, -0.2) is 0 Å². The van der Waals surface area contributed by atoms with Gasteiger partial charge in [0, 0.05) is 11.7 Å². The Bertz CT molecular complexity index is 1040. The molecule has 1 aromatic carbocycles. The van der Waals surface area contributed by atoms with Crippen molar-refractivity contribution in [2.75, 3.05) is 11.4 Å².